The standard InChI is InChI=1S/C21H17FNO2/c22-15-5-3-6-16(13-15)24-11-4-12-25-17-9-10-19-18-7-1-2-8-20(18)23-21(19)14-17/h1-3,5-10,13-14H,4,11-12H2. The quantitative estimate of drug-likeness (QED) is 0.453. The van der Waals surface area contributed by atoms with Gasteiger partial charge in [0.05, 0.1) is 24.6 Å². The first-order chi connectivity index (χ1) is 12.3. The molecule has 0 amide bonds. The Balaban J connectivity index is 1.29. The van der Waals surface area contributed by atoms with Crippen LogP contribution in [0.1, 0.15) is 6.42 Å². The molecule has 0 aliphatic carbocycles. The smallest absolute Gasteiger partial charge is 0.126 e. The number of para-hydroxylation sites is 1. The van der Waals surface area contributed by atoms with E-state index >= 15 is 0 Å². The Morgan fingerprint density at radius 2 is 1.48 bits per heavy atom. The van der Waals surface area contributed by atoms with E-state index < -0.39 is 0 Å². The minimum atomic E-state index is -0.295. The Labute approximate surface area is 146 Å². The van der Waals surface area contributed by atoms with Crippen LogP contribution in [0.4, 0.5) is 15.8 Å². The van der Waals surface area contributed by atoms with Gasteiger partial charge < -0.3 is 9.47 Å². The van der Waals surface area contributed by atoms with E-state index in [1.165, 1.54) is 12.1 Å². The van der Waals surface area contributed by atoms with E-state index in [0.29, 0.717) is 25.4 Å². The maximum atomic E-state index is 13.1. The second kappa shape index (κ2) is 6.85. The first-order valence-electron chi connectivity index (χ1n) is 8.26. The number of rotatable bonds is 6. The van der Waals surface area contributed by atoms with E-state index in [9.17, 15) is 4.39 Å². The van der Waals surface area contributed by atoms with Crippen LogP contribution >= 0.6 is 0 Å². The van der Waals surface area contributed by atoms with Gasteiger partial charge in [0.2, 0.25) is 0 Å². The maximum absolute atomic E-state index is 13.1. The van der Waals surface area contributed by atoms with Crippen LogP contribution in [0.25, 0.3) is 11.1 Å². The highest BCUT2D eigenvalue weighted by Gasteiger charge is 2.19. The van der Waals surface area contributed by atoms with Crippen LogP contribution in [0.3, 0.4) is 0 Å². The highest BCUT2D eigenvalue weighted by Crippen LogP contribution is 2.43. The van der Waals surface area contributed by atoms with Crippen LogP contribution in [-0.2, 0) is 0 Å². The molecule has 125 valence electrons. The fourth-order valence-corrected chi connectivity index (χ4v) is 2.85. The van der Waals surface area contributed by atoms with Crippen molar-refractivity contribution in [1.29, 1.82) is 0 Å². The largest absolute Gasteiger partial charge is 0.493 e. The molecule has 1 heterocycles. The summed E-state index contributed by atoms with van der Waals surface area (Å²) in [7, 11) is 0. The zero-order valence-corrected chi connectivity index (χ0v) is 13.6. The van der Waals surface area contributed by atoms with Crippen molar-refractivity contribution in [2.45, 2.75) is 6.42 Å². The number of hydrogen-bond donors (Lipinski definition) is 0. The number of fused-ring (bicyclic) bond motifs is 3. The molecule has 0 N–H and O–H groups in total. The van der Waals surface area contributed by atoms with E-state index in [-0.39, 0.29) is 5.82 Å². The van der Waals surface area contributed by atoms with E-state index in [0.717, 1.165) is 28.3 Å². The van der Waals surface area contributed by atoms with Gasteiger partial charge in [-0.3, -0.25) is 0 Å². The summed E-state index contributed by atoms with van der Waals surface area (Å²) in [6, 6.07) is 20.2. The van der Waals surface area contributed by atoms with E-state index in [1.54, 1.807) is 12.1 Å². The monoisotopic (exact) mass is 334 g/mol. The molecule has 4 rings (SSSR count). The van der Waals surface area contributed by atoms with Gasteiger partial charge in [0.25, 0.3) is 0 Å². The lowest BCUT2D eigenvalue weighted by Gasteiger charge is -2.09. The minimum Gasteiger partial charge on any atom is -0.493 e. The lowest BCUT2D eigenvalue weighted by Crippen LogP contribution is -2.05. The maximum Gasteiger partial charge on any atom is 0.126 e. The van der Waals surface area contributed by atoms with Gasteiger partial charge in [-0.2, -0.15) is 0 Å². The second-order valence-electron chi connectivity index (χ2n) is 5.82. The van der Waals surface area contributed by atoms with Gasteiger partial charge in [0, 0.05) is 29.7 Å². The van der Waals surface area contributed by atoms with Crippen molar-refractivity contribution in [3.8, 4) is 22.6 Å². The molecule has 3 nitrogen and oxygen atoms in total. The topological polar surface area (TPSA) is 32.6 Å². The first-order valence-corrected chi connectivity index (χ1v) is 8.26. The Morgan fingerprint density at radius 3 is 2.32 bits per heavy atom. The Bertz CT molecular complexity index is 895. The van der Waals surface area contributed by atoms with Crippen molar-refractivity contribution in [1.82, 2.24) is 5.32 Å². The third-order valence-corrected chi connectivity index (χ3v) is 4.03. The number of ether oxygens (including phenoxy) is 2. The van der Waals surface area contributed by atoms with Gasteiger partial charge in [-0.1, -0.05) is 24.3 Å². The van der Waals surface area contributed by atoms with Crippen molar-refractivity contribution in [3.05, 3.63) is 72.5 Å². The van der Waals surface area contributed by atoms with Crippen LogP contribution in [0.2, 0.25) is 0 Å². The molecule has 4 heteroatoms. The van der Waals surface area contributed by atoms with Crippen LogP contribution in [0.5, 0.6) is 11.5 Å². The lowest BCUT2D eigenvalue weighted by atomic mass is 10.1. The van der Waals surface area contributed by atoms with Crippen molar-refractivity contribution >= 4 is 11.4 Å². The minimum absolute atomic E-state index is 0.295. The number of nitrogens with zero attached hydrogens (tertiary/aromatic N) is 1. The number of hydrogen-bond acceptors (Lipinski definition) is 2. The van der Waals surface area contributed by atoms with Gasteiger partial charge in [-0.15, -0.1) is 0 Å². The summed E-state index contributed by atoms with van der Waals surface area (Å²) in [6.07, 6.45) is 0.713. The molecule has 0 unspecified atom stereocenters. The predicted octanol–water partition coefficient (Wildman–Crippen LogP) is 5.22. The molecule has 0 saturated carbocycles. The zero-order valence-electron chi connectivity index (χ0n) is 13.6. The molecule has 0 bridgehead atoms. The van der Waals surface area contributed by atoms with Crippen LogP contribution in [0.15, 0.2) is 66.7 Å². The van der Waals surface area contributed by atoms with Crippen molar-refractivity contribution in [2.75, 3.05) is 13.2 Å². The molecule has 1 aliphatic heterocycles. The average molecular weight is 334 g/mol. The summed E-state index contributed by atoms with van der Waals surface area (Å²) in [5.41, 5.74) is 4.23. The Morgan fingerprint density at radius 1 is 0.720 bits per heavy atom. The van der Waals surface area contributed by atoms with Crippen molar-refractivity contribution < 1.29 is 13.9 Å². The molecule has 1 aliphatic rings. The fraction of sp³-hybridized carbons (Fsp3) is 0.143. The van der Waals surface area contributed by atoms with Gasteiger partial charge >= 0.3 is 0 Å². The van der Waals surface area contributed by atoms with E-state index in [4.69, 9.17) is 9.47 Å². The van der Waals surface area contributed by atoms with Crippen LogP contribution in [-0.4, -0.2) is 13.2 Å². The highest BCUT2D eigenvalue weighted by atomic mass is 19.1. The normalized spacial score (nSPS) is 11.4. The van der Waals surface area contributed by atoms with Crippen LogP contribution < -0.4 is 14.8 Å². The van der Waals surface area contributed by atoms with Gasteiger partial charge in [-0.05, 0) is 30.3 Å². The third kappa shape index (κ3) is 3.43. The zero-order chi connectivity index (χ0) is 17.1. The molecule has 1 radical (unpaired) electrons. The fourth-order valence-electron chi connectivity index (χ4n) is 2.85. The summed E-state index contributed by atoms with van der Waals surface area (Å²) in [4.78, 5) is 0. The van der Waals surface area contributed by atoms with Gasteiger partial charge in [0.15, 0.2) is 0 Å². The van der Waals surface area contributed by atoms with E-state index in [2.05, 4.69) is 11.4 Å². The lowest BCUT2D eigenvalue weighted by molar-refractivity contribution is 0.247. The average Bonchev–Trinajstić information content (AvgIpc) is 2.99. The van der Waals surface area contributed by atoms with Crippen LogP contribution in [0, 0.1) is 5.82 Å². The predicted molar refractivity (Wildman–Crippen MR) is 95.3 cm³/mol. The molecule has 0 spiro atoms. The SMILES string of the molecule is Fc1cccc(OCCCOc2ccc3c(c2)[N]c2ccccc2-3)c1. The Hall–Kier alpha value is -3.01. The summed E-state index contributed by atoms with van der Waals surface area (Å²) >= 11 is 0. The van der Waals surface area contributed by atoms with Gasteiger partial charge in [0.1, 0.15) is 17.3 Å². The summed E-state index contributed by atoms with van der Waals surface area (Å²) in [5.74, 6) is 1.03. The second-order valence-corrected chi connectivity index (χ2v) is 5.82. The van der Waals surface area contributed by atoms with Gasteiger partial charge in [-0.25, -0.2) is 9.71 Å². The molecular weight excluding hydrogens is 317 g/mol. The molecule has 0 saturated heterocycles. The molecule has 3 aromatic rings. The molecule has 0 atom stereocenters. The van der Waals surface area contributed by atoms with E-state index in [1.807, 2.05) is 36.4 Å². The van der Waals surface area contributed by atoms with Crippen molar-refractivity contribution in [3.63, 3.8) is 0 Å². The molecule has 0 fully saturated rings. The highest BCUT2D eigenvalue weighted by molar-refractivity contribution is 5.90. The molecule has 0 aromatic heterocycles. The summed E-state index contributed by atoms with van der Waals surface area (Å²) < 4.78 is 24.3. The molecular formula is C21H17FNO2. The Kier molecular flexibility index (Phi) is 4.25. The first kappa shape index (κ1) is 15.5. The third-order valence-electron chi connectivity index (χ3n) is 4.03. The van der Waals surface area contributed by atoms with Crippen molar-refractivity contribution in [2.24, 2.45) is 0 Å². The molecule has 3 aromatic carbocycles. The molecule has 25 heavy (non-hydrogen) atoms. The number of halogens is 1. The summed E-state index contributed by atoms with van der Waals surface area (Å²) in [5, 5.41) is 4.63. The summed E-state index contributed by atoms with van der Waals surface area (Å²) in [6.45, 7) is 1.01. The number of benzene rings is 3.